The summed E-state index contributed by atoms with van der Waals surface area (Å²) < 4.78 is 11.5. The number of halogens is 2. The molecule has 38 heavy (non-hydrogen) atoms. The number of rotatable bonds is 7. The van der Waals surface area contributed by atoms with E-state index < -0.39 is 0 Å². The number of para-hydroxylation sites is 1. The number of carbonyl (C=O) groups excluding carboxylic acids is 1. The molecule has 2 aromatic carbocycles. The third-order valence-electron chi connectivity index (χ3n) is 6.85. The van der Waals surface area contributed by atoms with E-state index in [-0.39, 0.29) is 11.9 Å². The molecular formula is C29H28Cl2N4O3. The van der Waals surface area contributed by atoms with Gasteiger partial charge >= 0.3 is 0 Å². The quantitative estimate of drug-likeness (QED) is 0.275. The molecule has 1 aliphatic rings. The first-order valence-electron chi connectivity index (χ1n) is 12.6. The van der Waals surface area contributed by atoms with Crippen LogP contribution in [0, 0.1) is 0 Å². The van der Waals surface area contributed by atoms with Crippen LogP contribution in [-0.4, -0.2) is 42.7 Å². The molecule has 0 fully saturated rings. The van der Waals surface area contributed by atoms with Crippen LogP contribution in [0.25, 0.3) is 22.0 Å². The van der Waals surface area contributed by atoms with Crippen molar-refractivity contribution in [3.05, 3.63) is 76.0 Å². The fraction of sp³-hybridized carbons (Fsp3) is 0.276. The Morgan fingerprint density at radius 3 is 2.63 bits per heavy atom. The van der Waals surface area contributed by atoms with Crippen molar-refractivity contribution in [2.24, 2.45) is 0 Å². The van der Waals surface area contributed by atoms with E-state index in [4.69, 9.17) is 37.7 Å². The molecule has 1 amide bonds. The Kier molecular flexibility index (Phi) is 7.58. The van der Waals surface area contributed by atoms with Crippen molar-refractivity contribution in [3.8, 4) is 22.8 Å². The minimum Gasteiger partial charge on any atom is -0.493 e. The number of ether oxygens (including phenoxy) is 2. The smallest absolute Gasteiger partial charge is 0.255 e. The molecule has 4 aromatic rings. The predicted molar refractivity (Wildman–Crippen MR) is 152 cm³/mol. The lowest BCUT2D eigenvalue weighted by Crippen LogP contribution is -2.34. The number of fused-ring (bicyclic) bond motifs is 2. The highest BCUT2D eigenvalue weighted by Gasteiger charge is 2.28. The van der Waals surface area contributed by atoms with Gasteiger partial charge in [0.25, 0.3) is 5.91 Å². The van der Waals surface area contributed by atoms with Gasteiger partial charge in [0.05, 0.1) is 52.0 Å². The van der Waals surface area contributed by atoms with Crippen LogP contribution in [0.2, 0.25) is 10.0 Å². The Labute approximate surface area is 231 Å². The van der Waals surface area contributed by atoms with Gasteiger partial charge in [0.1, 0.15) is 5.75 Å². The zero-order valence-electron chi connectivity index (χ0n) is 21.4. The molecule has 1 aliphatic heterocycles. The van der Waals surface area contributed by atoms with Gasteiger partial charge in [0.15, 0.2) is 0 Å². The zero-order valence-corrected chi connectivity index (χ0v) is 22.9. The Bertz CT molecular complexity index is 1510. The molecule has 1 atom stereocenters. The molecule has 5 rings (SSSR count). The molecule has 0 spiro atoms. The molecule has 3 heterocycles. The fourth-order valence-corrected chi connectivity index (χ4v) is 5.39. The number of benzene rings is 2. The first kappa shape index (κ1) is 26.1. The van der Waals surface area contributed by atoms with E-state index in [9.17, 15) is 4.79 Å². The van der Waals surface area contributed by atoms with Gasteiger partial charge in [-0.15, -0.1) is 0 Å². The summed E-state index contributed by atoms with van der Waals surface area (Å²) in [6.45, 7) is 5.96. The molecule has 196 valence electrons. The van der Waals surface area contributed by atoms with Crippen molar-refractivity contribution in [2.75, 3.05) is 31.7 Å². The van der Waals surface area contributed by atoms with E-state index in [2.05, 4.69) is 15.2 Å². The van der Waals surface area contributed by atoms with Gasteiger partial charge < -0.3 is 19.7 Å². The van der Waals surface area contributed by atoms with Crippen molar-refractivity contribution in [1.29, 1.82) is 0 Å². The second-order valence-electron chi connectivity index (χ2n) is 8.90. The van der Waals surface area contributed by atoms with E-state index in [0.29, 0.717) is 75.3 Å². The number of carbonyl (C=O) groups is 1. The topological polar surface area (TPSA) is 76.6 Å². The van der Waals surface area contributed by atoms with E-state index in [0.717, 1.165) is 11.3 Å². The maximum Gasteiger partial charge on any atom is 0.255 e. The number of nitrogens with one attached hydrogen (secondary N) is 1. The standard InChI is InChI=1S/C29H28Cl2N4O3/c1-4-35(5-2)27-20(28(36)34-22-13-14-38-23-12-7-6-9-18(22)23)16-32-26-19(15-33-29(37-3)24(26)27)17-10-8-11-21(30)25(17)31/h6-12,15-16,22H,4-5,13-14H2,1-3H3,(H,34,36)/t22-/m0/s1. The van der Waals surface area contributed by atoms with E-state index in [1.165, 1.54) is 0 Å². The summed E-state index contributed by atoms with van der Waals surface area (Å²) in [7, 11) is 1.56. The molecule has 0 saturated carbocycles. The number of nitrogens with zero attached hydrogens (tertiary/aromatic N) is 3. The average Bonchev–Trinajstić information content (AvgIpc) is 2.95. The van der Waals surface area contributed by atoms with Gasteiger partial charge in [0, 0.05) is 48.6 Å². The van der Waals surface area contributed by atoms with Crippen LogP contribution in [0.15, 0.2) is 54.9 Å². The van der Waals surface area contributed by atoms with Gasteiger partial charge in [-0.3, -0.25) is 9.78 Å². The summed E-state index contributed by atoms with van der Waals surface area (Å²) >= 11 is 12.9. The first-order valence-corrected chi connectivity index (χ1v) is 13.3. The molecule has 1 N–H and O–H groups in total. The lowest BCUT2D eigenvalue weighted by Gasteiger charge is -2.29. The molecule has 2 aromatic heterocycles. The van der Waals surface area contributed by atoms with Gasteiger partial charge in [-0.05, 0) is 26.0 Å². The summed E-state index contributed by atoms with van der Waals surface area (Å²) in [6.07, 6.45) is 3.97. The maximum atomic E-state index is 13.9. The van der Waals surface area contributed by atoms with Gasteiger partial charge in [-0.2, -0.15) is 0 Å². The van der Waals surface area contributed by atoms with Crippen LogP contribution >= 0.6 is 23.2 Å². The molecule has 0 bridgehead atoms. The summed E-state index contributed by atoms with van der Waals surface area (Å²) in [5.41, 5.74) is 4.14. The van der Waals surface area contributed by atoms with E-state index in [1.807, 2.05) is 50.2 Å². The largest absolute Gasteiger partial charge is 0.493 e. The Hall–Kier alpha value is -3.55. The number of hydrogen-bond acceptors (Lipinski definition) is 6. The Balaban J connectivity index is 1.69. The normalized spacial score (nSPS) is 14.5. The third kappa shape index (κ3) is 4.61. The number of aromatic nitrogens is 2. The maximum absolute atomic E-state index is 13.9. The van der Waals surface area contributed by atoms with E-state index in [1.54, 1.807) is 25.6 Å². The van der Waals surface area contributed by atoms with E-state index >= 15 is 0 Å². The van der Waals surface area contributed by atoms with Crippen LogP contribution in [-0.2, 0) is 0 Å². The molecule has 0 radical (unpaired) electrons. The number of amides is 1. The van der Waals surface area contributed by atoms with Crippen LogP contribution in [0.5, 0.6) is 11.6 Å². The Morgan fingerprint density at radius 2 is 1.87 bits per heavy atom. The lowest BCUT2D eigenvalue weighted by molar-refractivity contribution is 0.0925. The summed E-state index contributed by atoms with van der Waals surface area (Å²) in [5.74, 6) is 0.942. The number of hydrogen-bond donors (Lipinski definition) is 1. The zero-order chi connectivity index (χ0) is 26.8. The summed E-state index contributed by atoms with van der Waals surface area (Å²) in [5, 5.41) is 4.70. The summed E-state index contributed by atoms with van der Waals surface area (Å²) in [6, 6.07) is 13.0. The van der Waals surface area contributed by atoms with Crippen molar-refractivity contribution in [2.45, 2.75) is 26.3 Å². The van der Waals surface area contributed by atoms with Crippen LogP contribution in [0.3, 0.4) is 0 Å². The van der Waals surface area contributed by atoms with Gasteiger partial charge in [-0.1, -0.05) is 53.5 Å². The molecule has 7 nitrogen and oxygen atoms in total. The fourth-order valence-electron chi connectivity index (χ4n) is 4.98. The van der Waals surface area contributed by atoms with Crippen molar-refractivity contribution < 1.29 is 14.3 Å². The molecule has 0 saturated heterocycles. The Morgan fingerprint density at radius 1 is 1.08 bits per heavy atom. The SMILES string of the molecule is CCN(CC)c1c(C(=O)N[C@H]2CCOc3ccccc32)cnc2c(-c3cccc(Cl)c3Cl)cnc(OC)c12. The van der Waals surface area contributed by atoms with Gasteiger partial charge in [0.2, 0.25) is 5.88 Å². The van der Waals surface area contributed by atoms with Crippen molar-refractivity contribution in [3.63, 3.8) is 0 Å². The predicted octanol–water partition coefficient (Wildman–Crippen LogP) is 6.71. The molecule has 0 unspecified atom stereocenters. The van der Waals surface area contributed by atoms with Crippen LogP contribution in [0.4, 0.5) is 5.69 Å². The van der Waals surface area contributed by atoms with Crippen LogP contribution < -0.4 is 19.7 Å². The highest BCUT2D eigenvalue weighted by atomic mass is 35.5. The highest BCUT2D eigenvalue weighted by molar-refractivity contribution is 6.44. The van der Waals surface area contributed by atoms with Crippen molar-refractivity contribution >= 4 is 45.7 Å². The van der Waals surface area contributed by atoms with Crippen molar-refractivity contribution in [1.82, 2.24) is 15.3 Å². The highest BCUT2D eigenvalue weighted by Crippen LogP contribution is 2.42. The third-order valence-corrected chi connectivity index (χ3v) is 7.67. The van der Waals surface area contributed by atoms with Crippen LogP contribution in [0.1, 0.15) is 42.2 Å². The molecule has 0 aliphatic carbocycles. The average molecular weight is 551 g/mol. The second-order valence-corrected chi connectivity index (χ2v) is 9.69. The van der Waals surface area contributed by atoms with Gasteiger partial charge in [-0.25, -0.2) is 4.98 Å². The number of pyridine rings is 2. The summed E-state index contributed by atoms with van der Waals surface area (Å²) in [4.78, 5) is 25.3. The lowest BCUT2D eigenvalue weighted by atomic mass is 9.99. The minimum absolute atomic E-state index is 0.177. The monoisotopic (exact) mass is 550 g/mol. The molecular weight excluding hydrogens is 523 g/mol. The first-order chi connectivity index (χ1) is 18.5. The number of anilines is 1. The number of methoxy groups -OCH3 is 1. The minimum atomic E-state index is -0.226. The molecule has 9 heteroatoms. The second kappa shape index (κ2) is 11.1.